The van der Waals surface area contributed by atoms with Crippen molar-refractivity contribution in [2.45, 2.75) is 39.0 Å². The lowest BCUT2D eigenvalue weighted by molar-refractivity contribution is -0.145. The lowest BCUT2D eigenvalue weighted by Gasteiger charge is -2.18. The minimum atomic E-state index is -4.79. The number of aromatic nitrogens is 7. The molecule has 45 heavy (non-hydrogen) atoms. The smallest absolute Gasteiger partial charge is 0.346 e. The SMILES string of the molecule is Cc1cc(Cl)cc(C(=O)NC(C)c2cccc(Cl)c2)c1CC(=O)c1cc(Cn2nnc(C(F)(F)F)n2)nn1-c1ncccc1Cl. The summed E-state index contributed by atoms with van der Waals surface area (Å²) in [5, 5.41) is 18.1. The first kappa shape index (κ1) is 32.1. The number of nitrogens with zero attached hydrogens (tertiary/aromatic N) is 7. The van der Waals surface area contributed by atoms with Crippen LogP contribution in [0.4, 0.5) is 13.2 Å². The summed E-state index contributed by atoms with van der Waals surface area (Å²) in [4.78, 5) is 32.3. The monoisotopic (exact) mass is 676 g/mol. The second-order valence-electron chi connectivity index (χ2n) is 9.98. The van der Waals surface area contributed by atoms with E-state index in [1.54, 1.807) is 50.2 Å². The van der Waals surface area contributed by atoms with Crippen molar-refractivity contribution < 1.29 is 22.8 Å². The van der Waals surface area contributed by atoms with Gasteiger partial charge in [-0.2, -0.15) is 23.1 Å². The molecule has 1 atom stereocenters. The topological polar surface area (TPSA) is 120 Å². The number of hydrogen-bond acceptors (Lipinski definition) is 7. The predicted octanol–water partition coefficient (Wildman–Crippen LogP) is 6.51. The highest BCUT2D eigenvalue weighted by Gasteiger charge is 2.37. The minimum absolute atomic E-state index is 0.00904. The average Bonchev–Trinajstić information content (AvgIpc) is 3.62. The Bertz CT molecular complexity index is 1910. The van der Waals surface area contributed by atoms with Gasteiger partial charge >= 0.3 is 6.18 Å². The molecule has 0 aliphatic heterocycles. The third-order valence-corrected chi connectivity index (χ3v) is 7.46. The molecule has 5 rings (SSSR count). The number of pyridine rings is 1. The van der Waals surface area contributed by atoms with Gasteiger partial charge in [0.1, 0.15) is 12.2 Å². The summed E-state index contributed by atoms with van der Waals surface area (Å²) in [5.74, 6) is -2.26. The molecule has 3 aromatic heterocycles. The van der Waals surface area contributed by atoms with Crippen molar-refractivity contribution in [3.05, 3.63) is 115 Å². The molecule has 1 amide bonds. The number of carbonyl (C=O) groups is 2. The van der Waals surface area contributed by atoms with Crippen LogP contribution in [-0.4, -0.2) is 46.7 Å². The van der Waals surface area contributed by atoms with Crippen LogP contribution in [0, 0.1) is 6.92 Å². The van der Waals surface area contributed by atoms with Gasteiger partial charge in [0.15, 0.2) is 11.6 Å². The number of Topliss-reactive ketones (excluding diaryl/α,β-unsaturated/α-hetero) is 1. The number of rotatable bonds is 9. The van der Waals surface area contributed by atoms with E-state index in [0.29, 0.717) is 26.0 Å². The molecule has 2 aromatic carbocycles. The molecule has 0 fully saturated rings. The molecule has 1 N–H and O–H groups in total. The van der Waals surface area contributed by atoms with E-state index in [1.165, 1.54) is 23.0 Å². The van der Waals surface area contributed by atoms with E-state index >= 15 is 0 Å². The van der Waals surface area contributed by atoms with Gasteiger partial charge < -0.3 is 5.32 Å². The van der Waals surface area contributed by atoms with Gasteiger partial charge in [-0.3, -0.25) is 9.59 Å². The molecule has 0 spiro atoms. The van der Waals surface area contributed by atoms with Crippen molar-refractivity contribution in [1.29, 1.82) is 0 Å². The Kier molecular flexibility index (Phi) is 9.23. The minimum Gasteiger partial charge on any atom is -0.346 e. The number of aryl methyl sites for hydroxylation is 1. The Balaban J connectivity index is 1.48. The molecule has 0 saturated heterocycles. The van der Waals surface area contributed by atoms with E-state index < -0.39 is 29.7 Å². The number of amides is 1. The van der Waals surface area contributed by atoms with Crippen LogP contribution in [0.1, 0.15) is 62.0 Å². The van der Waals surface area contributed by atoms with Crippen LogP contribution in [0.15, 0.2) is 60.8 Å². The molecule has 0 saturated carbocycles. The lowest BCUT2D eigenvalue weighted by Crippen LogP contribution is -2.28. The van der Waals surface area contributed by atoms with Gasteiger partial charge in [-0.25, -0.2) is 9.67 Å². The molecule has 0 bridgehead atoms. The molecular formula is C29H22Cl3F3N8O2. The zero-order valence-corrected chi connectivity index (χ0v) is 25.7. The Hall–Kier alpha value is -4.33. The fourth-order valence-electron chi connectivity index (χ4n) is 4.56. The maximum absolute atomic E-state index is 13.9. The van der Waals surface area contributed by atoms with Crippen molar-refractivity contribution in [1.82, 2.24) is 40.3 Å². The zero-order valence-electron chi connectivity index (χ0n) is 23.5. The van der Waals surface area contributed by atoms with Crippen LogP contribution in [0.3, 0.4) is 0 Å². The van der Waals surface area contributed by atoms with Gasteiger partial charge in [0.2, 0.25) is 0 Å². The molecule has 10 nitrogen and oxygen atoms in total. The highest BCUT2D eigenvalue weighted by Crippen LogP contribution is 2.27. The van der Waals surface area contributed by atoms with Gasteiger partial charge in [-0.1, -0.05) is 46.9 Å². The molecule has 1 unspecified atom stereocenters. The highest BCUT2D eigenvalue weighted by atomic mass is 35.5. The Morgan fingerprint density at radius 2 is 1.78 bits per heavy atom. The third kappa shape index (κ3) is 7.32. The number of benzene rings is 2. The van der Waals surface area contributed by atoms with Crippen molar-refractivity contribution in [3.63, 3.8) is 0 Å². The maximum atomic E-state index is 13.9. The molecular weight excluding hydrogens is 656 g/mol. The number of alkyl halides is 3. The molecule has 0 radical (unpaired) electrons. The molecule has 0 aliphatic carbocycles. The fraction of sp³-hybridized carbons (Fsp3) is 0.207. The number of carbonyl (C=O) groups excluding carboxylic acids is 2. The number of tetrazole rings is 1. The Labute approximate surface area is 269 Å². The van der Waals surface area contributed by atoms with Crippen molar-refractivity contribution in [3.8, 4) is 5.82 Å². The number of halogens is 6. The van der Waals surface area contributed by atoms with Gasteiger partial charge in [0, 0.05) is 28.2 Å². The van der Waals surface area contributed by atoms with Crippen LogP contribution in [0.25, 0.3) is 5.82 Å². The van der Waals surface area contributed by atoms with E-state index in [2.05, 4.69) is 30.8 Å². The number of ketones is 1. The third-order valence-electron chi connectivity index (χ3n) is 6.71. The summed E-state index contributed by atoms with van der Waals surface area (Å²) in [5.41, 5.74) is 2.11. The molecule has 0 aliphatic rings. The summed E-state index contributed by atoms with van der Waals surface area (Å²) in [7, 11) is 0. The lowest BCUT2D eigenvalue weighted by atomic mass is 9.95. The largest absolute Gasteiger partial charge is 0.455 e. The quantitative estimate of drug-likeness (QED) is 0.177. The van der Waals surface area contributed by atoms with Gasteiger partial charge in [-0.05, 0) is 78.2 Å². The van der Waals surface area contributed by atoms with Crippen molar-refractivity contribution in [2.24, 2.45) is 0 Å². The van der Waals surface area contributed by atoms with E-state index in [4.69, 9.17) is 34.8 Å². The zero-order chi connectivity index (χ0) is 32.5. The first-order valence-electron chi connectivity index (χ1n) is 13.2. The molecule has 232 valence electrons. The fourth-order valence-corrected chi connectivity index (χ4v) is 5.24. The van der Waals surface area contributed by atoms with Gasteiger partial charge in [0.25, 0.3) is 11.7 Å². The van der Waals surface area contributed by atoms with Gasteiger partial charge in [0.05, 0.1) is 16.8 Å². The van der Waals surface area contributed by atoms with Crippen LogP contribution < -0.4 is 5.32 Å². The Morgan fingerprint density at radius 1 is 1.00 bits per heavy atom. The molecule has 16 heteroatoms. The first-order valence-corrected chi connectivity index (χ1v) is 14.4. The predicted molar refractivity (Wildman–Crippen MR) is 160 cm³/mol. The average molecular weight is 678 g/mol. The summed E-state index contributed by atoms with van der Waals surface area (Å²) < 4.78 is 40.2. The van der Waals surface area contributed by atoms with Crippen molar-refractivity contribution >= 4 is 46.5 Å². The van der Waals surface area contributed by atoms with E-state index in [0.717, 1.165) is 5.56 Å². The standard InChI is InChI=1S/C29H22Cl3F3N8O2/c1-15-9-19(31)11-22(27(45)37-16(2)17-5-3-6-18(30)10-17)21(15)13-25(44)24-12-20(14-42-40-28(38-41-42)29(33,34)35)39-43(24)26-23(32)7-4-8-36-26/h3-12,16H,13-14H2,1-2H3,(H,37,45). The second-order valence-corrected chi connectivity index (χ2v) is 11.3. The molecule has 3 heterocycles. The first-order chi connectivity index (χ1) is 21.3. The maximum Gasteiger partial charge on any atom is 0.455 e. The molecule has 5 aromatic rings. The van der Waals surface area contributed by atoms with Crippen molar-refractivity contribution in [2.75, 3.05) is 0 Å². The summed E-state index contributed by atoms with van der Waals surface area (Å²) in [6.45, 7) is 3.18. The Morgan fingerprint density at radius 3 is 2.47 bits per heavy atom. The van der Waals surface area contributed by atoms with Crippen LogP contribution in [0.2, 0.25) is 15.1 Å². The van der Waals surface area contributed by atoms with Crippen LogP contribution >= 0.6 is 34.8 Å². The number of hydrogen-bond donors (Lipinski definition) is 1. The van der Waals surface area contributed by atoms with Crippen LogP contribution in [-0.2, 0) is 19.1 Å². The van der Waals surface area contributed by atoms with Crippen LogP contribution in [0.5, 0.6) is 0 Å². The normalized spacial score (nSPS) is 12.3. The highest BCUT2D eigenvalue weighted by molar-refractivity contribution is 6.32. The second kappa shape index (κ2) is 13.0. The van der Waals surface area contributed by atoms with Gasteiger partial charge in [-0.15, -0.1) is 10.2 Å². The van der Waals surface area contributed by atoms with E-state index in [9.17, 15) is 22.8 Å². The number of nitrogens with one attached hydrogen (secondary N) is 1. The summed E-state index contributed by atoms with van der Waals surface area (Å²) in [6, 6.07) is 14.2. The van der Waals surface area contributed by atoms with E-state index in [1.807, 2.05) is 6.07 Å². The van der Waals surface area contributed by atoms with E-state index in [-0.39, 0.29) is 40.8 Å². The summed E-state index contributed by atoms with van der Waals surface area (Å²) in [6.07, 6.45) is -3.60. The summed E-state index contributed by atoms with van der Waals surface area (Å²) >= 11 is 18.8.